The van der Waals surface area contributed by atoms with E-state index in [4.69, 9.17) is 4.42 Å². The van der Waals surface area contributed by atoms with Gasteiger partial charge in [0, 0.05) is 5.92 Å². The van der Waals surface area contributed by atoms with Gasteiger partial charge in [-0.3, -0.25) is 0 Å². The number of aromatic nitrogens is 2. The van der Waals surface area contributed by atoms with E-state index < -0.39 is 0 Å². The largest absolute Gasteiger partial charge is 0.465 e. The van der Waals surface area contributed by atoms with Gasteiger partial charge in [0.05, 0.1) is 6.54 Å². The fourth-order valence-corrected chi connectivity index (χ4v) is 2.45. The standard InChI is InChI=1S/C11H13N3OS/c1-7-2-5-9(15-7)6-12-11-14-13-10(16-11)8-3-4-8/h2,5,8H,3-4,6H2,1H3,(H,12,14). The lowest BCUT2D eigenvalue weighted by Crippen LogP contribution is -1.97. The second-order valence-electron chi connectivity index (χ2n) is 4.09. The molecule has 0 bridgehead atoms. The van der Waals surface area contributed by atoms with E-state index in [2.05, 4.69) is 15.5 Å². The van der Waals surface area contributed by atoms with Crippen molar-refractivity contribution in [3.8, 4) is 0 Å². The highest BCUT2D eigenvalue weighted by Crippen LogP contribution is 2.42. The third kappa shape index (κ3) is 2.09. The predicted octanol–water partition coefficient (Wildman–Crippen LogP) is 2.93. The highest BCUT2D eigenvalue weighted by Gasteiger charge is 2.27. The number of hydrogen-bond acceptors (Lipinski definition) is 5. The highest BCUT2D eigenvalue weighted by molar-refractivity contribution is 7.15. The van der Waals surface area contributed by atoms with Crippen molar-refractivity contribution in [3.63, 3.8) is 0 Å². The Labute approximate surface area is 97.7 Å². The van der Waals surface area contributed by atoms with Crippen LogP contribution >= 0.6 is 11.3 Å². The Kier molecular flexibility index (Phi) is 2.40. The molecule has 0 aliphatic heterocycles. The summed E-state index contributed by atoms with van der Waals surface area (Å²) in [7, 11) is 0. The minimum atomic E-state index is 0.674. The summed E-state index contributed by atoms with van der Waals surface area (Å²) in [5, 5.41) is 13.6. The van der Waals surface area contributed by atoms with Crippen molar-refractivity contribution in [1.29, 1.82) is 0 Å². The van der Waals surface area contributed by atoms with Crippen molar-refractivity contribution in [3.05, 3.63) is 28.7 Å². The number of rotatable bonds is 4. The van der Waals surface area contributed by atoms with Crippen LogP contribution in [0.2, 0.25) is 0 Å². The summed E-state index contributed by atoms with van der Waals surface area (Å²) < 4.78 is 5.47. The predicted molar refractivity (Wildman–Crippen MR) is 62.7 cm³/mol. The average Bonchev–Trinajstić information content (AvgIpc) is 2.87. The molecule has 0 atom stereocenters. The summed E-state index contributed by atoms with van der Waals surface area (Å²) in [4.78, 5) is 0. The molecule has 1 fully saturated rings. The van der Waals surface area contributed by atoms with Crippen molar-refractivity contribution in [2.24, 2.45) is 0 Å². The molecule has 1 aliphatic carbocycles. The molecule has 16 heavy (non-hydrogen) atoms. The third-order valence-electron chi connectivity index (χ3n) is 2.58. The van der Waals surface area contributed by atoms with Crippen molar-refractivity contribution in [2.75, 3.05) is 5.32 Å². The van der Waals surface area contributed by atoms with Crippen LogP contribution in [0.4, 0.5) is 5.13 Å². The molecular formula is C11H13N3OS. The van der Waals surface area contributed by atoms with Gasteiger partial charge in [-0.05, 0) is 31.9 Å². The van der Waals surface area contributed by atoms with Crippen LogP contribution < -0.4 is 5.32 Å². The van der Waals surface area contributed by atoms with E-state index in [1.54, 1.807) is 11.3 Å². The molecule has 1 saturated carbocycles. The Morgan fingerprint density at radius 1 is 1.44 bits per heavy atom. The van der Waals surface area contributed by atoms with Crippen LogP contribution in [-0.2, 0) is 6.54 Å². The van der Waals surface area contributed by atoms with E-state index >= 15 is 0 Å². The van der Waals surface area contributed by atoms with E-state index in [0.29, 0.717) is 12.5 Å². The van der Waals surface area contributed by atoms with E-state index in [-0.39, 0.29) is 0 Å². The highest BCUT2D eigenvalue weighted by atomic mass is 32.1. The fourth-order valence-electron chi connectivity index (χ4n) is 1.54. The molecular weight excluding hydrogens is 222 g/mol. The van der Waals surface area contributed by atoms with Gasteiger partial charge in [0.25, 0.3) is 0 Å². The van der Waals surface area contributed by atoms with E-state index in [1.807, 2.05) is 19.1 Å². The van der Waals surface area contributed by atoms with E-state index in [0.717, 1.165) is 21.7 Å². The summed E-state index contributed by atoms with van der Waals surface area (Å²) >= 11 is 1.65. The number of anilines is 1. The van der Waals surface area contributed by atoms with Gasteiger partial charge in [0.1, 0.15) is 16.5 Å². The van der Waals surface area contributed by atoms with Crippen molar-refractivity contribution >= 4 is 16.5 Å². The van der Waals surface area contributed by atoms with Crippen LogP contribution in [0.15, 0.2) is 16.5 Å². The summed E-state index contributed by atoms with van der Waals surface area (Å²) in [5.41, 5.74) is 0. The van der Waals surface area contributed by atoms with Gasteiger partial charge in [0.2, 0.25) is 5.13 Å². The topological polar surface area (TPSA) is 51.0 Å². The first-order chi connectivity index (χ1) is 7.81. The number of hydrogen-bond donors (Lipinski definition) is 1. The molecule has 1 aliphatic rings. The first-order valence-electron chi connectivity index (χ1n) is 5.44. The van der Waals surface area contributed by atoms with Gasteiger partial charge in [-0.25, -0.2) is 0 Å². The Morgan fingerprint density at radius 2 is 2.31 bits per heavy atom. The molecule has 84 valence electrons. The number of furan rings is 1. The molecule has 0 aromatic carbocycles. The maximum Gasteiger partial charge on any atom is 0.206 e. The molecule has 0 radical (unpaired) electrons. The van der Waals surface area contributed by atoms with Gasteiger partial charge >= 0.3 is 0 Å². The SMILES string of the molecule is Cc1ccc(CNc2nnc(C3CC3)s2)o1. The first-order valence-corrected chi connectivity index (χ1v) is 6.25. The molecule has 2 aromatic heterocycles. The monoisotopic (exact) mass is 235 g/mol. The normalized spacial score (nSPS) is 15.3. The summed E-state index contributed by atoms with van der Waals surface area (Å²) in [6, 6.07) is 3.94. The lowest BCUT2D eigenvalue weighted by Gasteiger charge is -1.97. The zero-order chi connectivity index (χ0) is 11.0. The summed E-state index contributed by atoms with van der Waals surface area (Å²) in [5.74, 6) is 2.55. The van der Waals surface area contributed by atoms with Crippen molar-refractivity contribution < 1.29 is 4.42 Å². The maximum atomic E-state index is 5.47. The molecule has 2 heterocycles. The maximum absolute atomic E-state index is 5.47. The quantitative estimate of drug-likeness (QED) is 0.885. The number of nitrogens with one attached hydrogen (secondary N) is 1. The minimum absolute atomic E-state index is 0.674. The third-order valence-corrected chi connectivity index (χ3v) is 3.62. The number of aryl methyl sites for hydroxylation is 1. The Balaban J connectivity index is 1.61. The van der Waals surface area contributed by atoms with Crippen molar-refractivity contribution in [2.45, 2.75) is 32.2 Å². The fraction of sp³-hybridized carbons (Fsp3) is 0.455. The minimum Gasteiger partial charge on any atom is -0.465 e. The van der Waals surface area contributed by atoms with Crippen LogP contribution in [0, 0.1) is 6.92 Å². The molecule has 0 spiro atoms. The smallest absolute Gasteiger partial charge is 0.206 e. The van der Waals surface area contributed by atoms with E-state index in [9.17, 15) is 0 Å². The first kappa shape index (κ1) is 9.84. The van der Waals surface area contributed by atoms with E-state index in [1.165, 1.54) is 12.8 Å². The Hall–Kier alpha value is -1.36. The molecule has 5 heteroatoms. The number of nitrogens with zero attached hydrogens (tertiary/aromatic N) is 2. The van der Waals surface area contributed by atoms with Crippen LogP contribution in [-0.4, -0.2) is 10.2 Å². The molecule has 0 unspecified atom stereocenters. The summed E-state index contributed by atoms with van der Waals surface area (Å²) in [6.07, 6.45) is 2.54. The van der Waals surface area contributed by atoms with Gasteiger partial charge in [-0.2, -0.15) is 0 Å². The second kappa shape index (κ2) is 3.90. The molecule has 0 amide bonds. The van der Waals surface area contributed by atoms with Gasteiger partial charge in [-0.1, -0.05) is 11.3 Å². The molecule has 0 saturated heterocycles. The average molecular weight is 235 g/mol. The second-order valence-corrected chi connectivity index (χ2v) is 5.09. The van der Waals surface area contributed by atoms with Crippen molar-refractivity contribution in [1.82, 2.24) is 10.2 Å². The van der Waals surface area contributed by atoms with Crippen LogP contribution in [0.1, 0.15) is 35.3 Å². The molecule has 3 rings (SSSR count). The zero-order valence-electron chi connectivity index (χ0n) is 9.06. The van der Waals surface area contributed by atoms with Crippen LogP contribution in [0.5, 0.6) is 0 Å². The molecule has 4 nitrogen and oxygen atoms in total. The molecule has 1 N–H and O–H groups in total. The van der Waals surface area contributed by atoms with Gasteiger partial charge in [-0.15, -0.1) is 10.2 Å². The Bertz CT molecular complexity index is 487. The zero-order valence-corrected chi connectivity index (χ0v) is 9.88. The molecule has 2 aromatic rings. The van der Waals surface area contributed by atoms with Gasteiger partial charge < -0.3 is 9.73 Å². The van der Waals surface area contributed by atoms with Crippen LogP contribution in [0.25, 0.3) is 0 Å². The lowest BCUT2D eigenvalue weighted by atomic mass is 10.4. The van der Waals surface area contributed by atoms with Gasteiger partial charge in [0.15, 0.2) is 0 Å². The summed E-state index contributed by atoms with van der Waals surface area (Å²) in [6.45, 7) is 2.62. The Morgan fingerprint density at radius 3 is 3.00 bits per heavy atom. The van der Waals surface area contributed by atoms with Crippen LogP contribution in [0.3, 0.4) is 0 Å². The lowest BCUT2D eigenvalue weighted by molar-refractivity contribution is 0.490.